The van der Waals surface area contributed by atoms with Gasteiger partial charge in [0.2, 0.25) is 0 Å². The molecule has 0 fully saturated rings. The van der Waals surface area contributed by atoms with Crippen LogP contribution in [0.15, 0.2) is 48.5 Å². The number of hydrogen-bond donors (Lipinski definition) is 1. The Balaban J connectivity index is 2.17. The van der Waals surface area contributed by atoms with Gasteiger partial charge in [-0.05, 0) is 30.2 Å². The summed E-state index contributed by atoms with van der Waals surface area (Å²) in [4.78, 5) is 13.0. The van der Waals surface area contributed by atoms with E-state index in [0.717, 1.165) is 27.9 Å². The second kappa shape index (κ2) is 5.95. The smallest absolute Gasteiger partial charge is 0.160 e. The van der Waals surface area contributed by atoms with Gasteiger partial charge in [0.05, 0.1) is 15.4 Å². The van der Waals surface area contributed by atoms with Crippen LogP contribution in [0.5, 0.6) is 0 Å². The van der Waals surface area contributed by atoms with Crippen LogP contribution in [0.25, 0.3) is 21.6 Å². The zero-order valence-electron chi connectivity index (χ0n) is 12.0. The highest BCUT2D eigenvalue weighted by atomic mass is 35.5. The Kier molecular flexibility index (Phi) is 4.01. The minimum atomic E-state index is 0.635. The van der Waals surface area contributed by atoms with E-state index in [9.17, 15) is 4.79 Å². The average molecular weight is 328 g/mol. The van der Waals surface area contributed by atoms with Crippen molar-refractivity contribution >= 4 is 34.9 Å². The number of thiophene rings is 1. The molecule has 0 amide bonds. The molecule has 2 nitrogen and oxygen atoms in total. The van der Waals surface area contributed by atoms with E-state index in [4.69, 9.17) is 17.3 Å². The number of aryl methyl sites for hydroxylation is 1. The molecular weight excluding hydrogens is 314 g/mol. The van der Waals surface area contributed by atoms with Crippen molar-refractivity contribution in [2.24, 2.45) is 0 Å². The lowest BCUT2D eigenvalue weighted by Crippen LogP contribution is -1.90. The molecule has 1 heterocycles. The van der Waals surface area contributed by atoms with Crippen LogP contribution in [0.2, 0.25) is 5.02 Å². The Morgan fingerprint density at radius 1 is 1.00 bits per heavy atom. The molecule has 4 heteroatoms. The van der Waals surface area contributed by atoms with Crippen molar-refractivity contribution in [3.8, 4) is 21.6 Å². The molecule has 0 aliphatic rings. The molecule has 22 heavy (non-hydrogen) atoms. The second-order valence-electron chi connectivity index (χ2n) is 5.07. The monoisotopic (exact) mass is 327 g/mol. The van der Waals surface area contributed by atoms with Crippen LogP contribution < -0.4 is 5.73 Å². The highest BCUT2D eigenvalue weighted by Gasteiger charge is 2.18. The predicted octanol–water partition coefficient (Wildman–Crippen LogP) is 5.44. The largest absolute Gasteiger partial charge is 0.397 e. The van der Waals surface area contributed by atoms with Gasteiger partial charge >= 0.3 is 0 Å². The Morgan fingerprint density at radius 2 is 1.59 bits per heavy atom. The van der Waals surface area contributed by atoms with Crippen LogP contribution in [-0.2, 0) is 0 Å². The lowest BCUT2D eigenvalue weighted by atomic mass is 10.0. The average Bonchev–Trinajstić information content (AvgIpc) is 2.86. The van der Waals surface area contributed by atoms with Gasteiger partial charge in [-0.3, -0.25) is 4.79 Å². The maximum absolute atomic E-state index is 11.4. The Labute approximate surface area is 138 Å². The first-order valence-electron chi connectivity index (χ1n) is 6.80. The molecule has 0 spiro atoms. The van der Waals surface area contributed by atoms with Crippen molar-refractivity contribution in [2.75, 3.05) is 5.73 Å². The highest BCUT2D eigenvalue weighted by molar-refractivity contribution is 7.18. The summed E-state index contributed by atoms with van der Waals surface area (Å²) in [5.41, 5.74) is 10.9. The minimum absolute atomic E-state index is 0.635. The second-order valence-corrected chi connectivity index (χ2v) is 6.56. The molecule has 0 aliphatic carbocycles. The molecule has 2 aromatic carbocycles. The summed E-state index contributed by atoms with van der Waals surface area (Å²) in [5.74, 6) is 0. The van der Waals surface area contributed by atoms with Gasteiger partial charge in [0.1, 0.15) is 0 Å². The van der Waals surface area contributed by atoms with Crippen LogP contribution in [0.1, 0.15) is 15.2 Å². The van der Waals surface area contributed by atoms with Gasteiger partial charge < -0.3 is 5.73 Å². The Hall–Kier alpha value is -2.10. The fraction of sp³-hybridized carbons (Fsp3) is 0.0556. The summed E-state index contributed by atoms with van der Waals surface area (Å²) in [7, 11) is 0. The van der Waals surface area contributed by atoms with Crippen LogP contribution in [0, 0.1) is 6.92 Å². The molecule has 0 bridgehead atoms. The van der Waals surface area contributed by atoms with Crippen LogP contribution in [0.3, 0.4) is 0 Å². The number of nitrogens with two attached hydrogens (primary N) is 1. The van der Waals surface area contributed by atoms with E-state index in [1.807, 2.05) is 43.3 Å². The molecule has 1 aromatic heterocycles. The lowest BCUT2D eigenvalue weighted by Gasteiger charge is -2.04. The topological polar surface area (TPSA) is 43.1 Å². The molecule has 3 aromatic rings. The summed E-state index contributed by atoms with van der Waals surface area (Å²) in [6.07, 6.45) is 0.864. The molecule has 0 atom stereocenters. The fourth-order valence-corrected chi connectivity index (χ4v) is 3.57. The molecule has 0 radical (unpaired) electrons. The number of rotatable bonds is 3. The SMILES string of the molecule is Cc1ccc(-c2sc(C=O)c(-c3ccc(Cl)cc3)c2N)cc1. The van der Waals surface area contributed by atoms with E-state index in [1.165, 1.54) is 16.9 Å². The summed E-state index contributed by atoms with van der Waals surface area (Å²) in [6.45, 7) is 2.04. The number of nitrogen functional groups attached to an aromatic ring is 1. The number of benzene rings is 2. The van der Waals surface area contributed by atoms with E-state index >= 15 is 0 Å². The number of hydrogen-bond acceptors (Lipinski definition) is 3. The Morgan fingerprint density at radius 3 is 2.18 bits per heavy atom. The van der Waals surface area contributed by atoms with Gasteiger partial charge in [-0.25, -0.2) is 0 Å². The maximum atomic E-state index is 11.4. The van der Waals surface area contributed by atoms with Crippen molar-refractivity contribution in [1.82, 2.24) is 0 Å². The van der Waals surface area contributed by atoms with Crippen molar-refractivity contribution in [3.05, 3.63) is 64.0 Å². The van der Waals surface area contributed by atoms with Gasteiger partial charge in [-0.1, -0.05) is 53.6 Å². The van der Waals surface area contributed by atoms with E-state index in [0.29, 0.717) is 15.6 Å². The predicted molar refractivity (Wildman–Crippen MR) is 94.7 cm³/mol. The molecule has 110 valence electrons. The number of anilines is 1. The molecule has 2 N–H and O–H groups in total. The van der Waals surface area contributed by atoms with Gasteiger partial charge in [0.15, 0.2) is 6.29 Å². The standard InChI is InChI=1S/C18H14ClNOS/c1-11-2-4-13(5-3-11)18-17(20)16(15(10-21)22-18)12-6-8-14(19)9-7-12/h2-10H,20H2,1H3. The first-order chi connectivity index (χ1) is 10.6. The van der Waals surface area contributed by atoms with Crippen LogP contribution in [-0.4, -0.2) is 6.29 Å². The fourth-order valence-electron chi connectivity index (χ4n) is 2.38. The molecule has 0 saturated carbocycles. The number of carbonyl (C=O) groups excluding carboxylic acids is 1. The number of halogens is 1. The molecule has 0 unspecified atom stereocenters. The minimum Gasteiger partial charge on any atom is -0.397 e. The number of carbonyl (C=O) groups is 1. The third kappa shape index (κ3) is 2.65. The quantitative estimate of drug-likeness (QED) is 0.651. The van der Waals surface area contributed by atoms with Crippen LogP contribution >= 0.6 is 22.9 Å². The van der Waals surface area contributed by atoms with Gasteiger partial charge in [-0.15, -0.1) is 11.3 Å². The van der Waals surface area contributed by atoms with Crippen molar-refractivity contribution < 1.29 is 4.79 Å². The third-order valence-electron chi connectivity index (χ3n) is 3.53. The number of aldehydes is 1. The first-order valence-corrected chi connectivity index (χ1v) is 8.00. The molecule has 3 rings (SSSR count). The molecular formula is C18H14ClNOS. The summed E-state index contributed by atoms with van der Waals surface area (Å²) < 4.78 is 0. The summed E-state index contributed by atoms with van der Waals surface area (Å²) >= 11 is 7.35. The van der Waals surface area contributed by atoms with Gasteiger partial charge in [0, 0.05) is 10.6 Å². The zero-order chi connectivity index (χ0) is 15.7. The molecule has 0 aliphatic heterocycles. The van der Waals surface area contributed by atoms with Gasteiger partial charge in [-0.2, -0.15) is 0 Å². The zero-order valence-corrected chi connectivity index (χ0v) is 13.5. The van der Waals surface area contributed by atoms with Crippen LogP contribution in [0.4, 0.5) is 5.69 Å². The summed E-state index contributed by atoms with van der Waals surface area (Å²) in [5, 5.41) is 0.656. The van der Waals surface area contributed by atoms with E-state index in [2.05, 4.69) is 0 Å². The van der Waals surface area contributed by atoms with E-state index < -0.39 is 0 Å². The highest BCUT2D eigenvalue weighted by Crippen LogP contribution is 2.43. The first kappa shape index (κ1) is 14.8. The van der Waals surface area contributed by atoms with E-state index in [1.54, 1.807) is 12.1 Å². The normalized spacial score (nSPS) is 10.6. The van der Waals surface area contributed by atoms with Gasteiger partial charge in [0.25, 0.3) is 0 Å². The molecule has 0 saturated heterocycles. The lowest BCUT2D eigenvalue weighted by molar-refractivity contribution is 0.112. The van der Waals surface area contributed by atoms with Crippen molar-refractivity contribution in [2.45, 2.75) is 6.92 Å². The summed E-state index contributed by atoms with van der Waals surface area (Å²) in [6, 6.07) is 15.5. The third-order valence-corrected chi connectivity index (χ3v) is 4.96. The maximum Gasteiger partial charge on any atom is 0.160 e. The van der Waals surface area contributed by atoms with E-state index in [-0.39, 0.29) is 0 Å². The van der Waals surface area contributed by atoms with Crippen molar-refractivity contribution in [1.29, 1.82) is 0 Å². The Bertz CT molecular complexity index is 820. The van der Waals surface area contributed by atoms with Crippen molar-refractivity contribution in [3.63, 3.8) is 0 Å².